The molecule has 0 bridgehead atoms. The fourth-order valence-corrected chi connectivity index (χ4v) is 6.17. The summed E-state index contributed by atoms with van der Waals surface area (Å²) < 4.78 is 29.0. The number of sulfonamides is 1. The molecule has 1 aliphatic heterocycles. The molecule has 0 radical (unpaired) electrons. The van der Waals surface area contributed by atoms with Gasteiger partial charge in [-0.3, -0.25) is 14.2 Å². The van der Waals surface area contributed by atoms with Gasteiger partial charge in [-0.25, -0.2) is 18.4 Å². The number of rotatable bonds is 4. The van der Waals surface area contributed by atoms with Gasteiger partial charge in [-0.2, -0.15) is 4.31 Å². The molecule has 3 aromatic rings. The third-order valence-corrected chi connectivity index (χ3v) is 8.02. The molecule has 0 aliphatic carbocycles. The first-order chi connectivity index (χ1) is 13.9. The largest absolute Gasteiger partial charge is 0.302 e. The van der Waals surface area contributed by atoms with Crippen molar-refractivity contribution in [1.29, 1.82) is 0 Å². The van der Waals surface area contributed by atoms with Gasteiger partial charge in [0.15, 0.2) is 9.34 Å². The summed E-state index contributed by atoms with van der Waals surface area (Å²) in [5.41, 5.74) is 0.440. The van der Waals surface area contributed by atoms with E-state index < -0.39 is 10.0 Å². The lowest BCUT2D eigenvalue weighted by atomic mass is 10.1. The van der Waals surface area contributed by atoms with E-state index in [1.807, 2.05) is 6.07 Å². The van der Waals surface area contributed by atoms with Gasteiger partial charge in [0.2, 0.25) is 5.91 Å². The van der Waals surface area contributed by atoms with Crippen molar-refractivity contribution in [3.63, 3.8) is 0 Å². The molecule has 29 heavy (non-hydrogen) atoms. The number of hydrogen-bond acceptors (Lipinski definition) is 7. The van der Waals surface area contributed by atoms with E-state index in [4.69, 9.17) is 0 Å². The van der Waals surface area contributed by atoms with Crippen molar-refractivity contribution in [2.24, 2.45) is 0 Å². The quantitative estimate of drug-likeness (QED) is 0.671. The van der Waals surface area contributed by atoms with Crippen LogP contribution in [-0.2, 0) is 14.8 Å². The second-order valence-electron chi connectivity index (χ2n) is 6.80. The Morgan fingerprint density at radius 2 is 2.07 bits per heavy atom. The van der Waals surface area contributed by atoms with E-state index in [2.05, 4.69) is 15.3 Å². The number of hydrogen-bond donors (Lipinski definition) is 1. The van der Waals surface area contributed by atoms with E-state index in [0.717, 1.165) is 11.3 Å². The zero-order valence-corrected chi connectivity index (χ0v) is 17.2. The van der Waals surface area contributed by atoms with Gasteiger partial charge in [-0.05, 0) is 25.0 Å². The zero-order valence-electron chi connectivity index (χ0n) is 15.6. The third-order valence-electron chi connectivity index (χ3n) is 4.80. The van der Waals surface area contributed by atoms with E-state index in [1.165, 1.54) is 28.3 Å². The summed E-state index contributed by atoms with van der Waals surface area (Å²) in [5, 5.41) is 3.24. The summed E-state index contributed by atoms with van der Waals surface area (Å²) in [6.07, 6.45) is 4.05. The minimum Gasteiger partial charge on any atom is -0.302 e. The Morgan fingerprint density at radius 1 is 1.28 bits per heavy atom. The number of benzene rings is 1. The first-order valence-corrected chi connectivity index (χ1v) is 11.3. The van der Waals surface area contributed by atoms with Gasteiger partial charge < -0.3 is 5.32 Å². The molecule has 4 rings (SSSR count). The molecule has 1 fully saturated rings. The van der Waals surface area contributed by atoms with Crippen molar-refractivity contribution < 1.29 is 13.2 Å². The van der Waals surface area contributed by atoms with Crippen LogP contribution in [-0.4, -0.2) is 46.3 Å². The molecule has 1 amide bonds. The highest BCUT2D eigenvalue weighted by Gasteiger charge is 2.33. The van der Waals surface area contributed by atoms with Crippen molar-refractivity contribution in [3.05, 3.63) is 47.1 Å². The van der Waals surface area contributed by atoms with Gasteiger partial charge in [0.1, 0.15) is 0 Å². The van der Waals surface area contributed by atoms with E-state index in [9.17, 15) is 18.0 Å². The van der Waals surface area contributed by atoms with Crippen LogP contribution in [0, 0.1) is 0 Å². The molecule has 1 aromatic carbocycles. The minimum absolute atomic E-state index is 0.0610. The Bertz CT molecular complexity index is 1230. The van der Waals surface area contributed by atoms with E-state index in [0.29, 0.717) is 30.3 Å². The average Bonchev–Trinajstić information content (AvgIpc) is 3.17. The average molecular weight is 434 g/mol. The molecule has 1 aliphatic rings. The van der Waals surface area contributed by atoms with Gasteiger partial charge in [0.25, 0.3) is 15.6 Å². The Hall–Kier alpha value is -2.63. The fraction of sp³-hybridized carbons (Fsp3) is 0.333. The molecule has 0 saturated carbocycles. The molecule has 11 heteroatoms. The maximum absolute atomic E-state index is 13.0. The Morgan fingerprint density at radius 3 is 2.86 bits per heavy atom. The first kappa shape index (κ1) is 19.7. The van der Waals surface area contributed by atoms with Gasteiger partial charge in [0, 0.05) is 20.0 Å². The van der Waals surface area contributed by atoms with Crippen LogP contribution in [0.15, 0.2) is 45.8 Å². The van der Waals surface area contributed by atoms with Crippen molar-refractivity contribution in [1.82, 2.24) is 18.8 Å². The predicted octanol–water partition coefficient (Wildman–Crippen LogP) is 1.84. The van der Waals surface area contributed by atoms with Crippen LogP contribution in [0.4, 0.5) is 5.13 Å². The molecule has 2 aromatic heterocycles. The van der Waals surface area contributed by atoms with Crippen LogP contribution < -0.4 is 10.9 Å². The van der Waals surface area contributed by atoms with Crippen molar-refractivity contribution in [2.45, 2.75) is 30.0 Å². The number of amides is 1. The minimum atomic E-state index is -3.77. The van der Waals surface area contributed by atoms with Gasteiger partial charge in [0.05, 0.1) is 29.5 Å². The van der Waals surface area contributed by atoms with Crippen LogP contribution in [0.1, 0.15) is 25.8 Å². The Labute approximate surface area is 171 Å². The second kappa shape index (κ2) is 7.65. The van der Waals surface area contributed by atoms with Crippen molar-refractivity contribution >= 4 is 43.3 Å². The molecule has 9 nitrogen and oxygen atoms in total. The lowest BCUT2D eigenvalue weighted by Gasteiger charge is -2.32. The van der Waals surface area contributed by atoms with Crippen LogP contribution in [0.25, 0.3) is 10.9 Å². The molecule has 152 valence electrons. The van der Waals surface area contributed by atoms with E-state index >= 15 is 0 Å². The maximum Gasteiger partial charge on any atom is 0.261 e. The van der Waals surface area contributed by atoms with E-state index in [1.54, 1.807) is 18.2 Å². The summed E-state index contributed by atoms with van der Waals surface area (Å²) in [5.74, 6) is -0.315. The number of anilines is 1. The summed E-state index contributed by atoms with van der Waals surface area (Å²) in [6, 6.07) is 6.79. The molecular formula is C18H19N5O4S2. The summed E-state index contributed by atoms with van der Waals surface area (Å²) in [7, 11) is -3.77. The van der Waals surface area contributed by atoms with Crippen LogP contribution in [0.5, 0.6) is 0 Å². The Balaban J connectivity index is 1.61. The number of piperidine rings is 1. The van der Waals surface area contributed by atoms with Crippen LogP contribution in [0.3, 0.4) is 0 Å². The lowest BCUT2D eigenvalue weighted by Crippen LogP contribution is -2.42. The molecule has 0 unspecified atom stereocenters. The third kappa shape index (κ3) is 3.80. The number of thiazole rings is 1. The standard InChI is InChI=1S/C18H19N5O4S2/c1-12(24)21-18-19-9-16(28-18)29(26,27)22-8-4-5-13(10-22)23-11-20-15-7-3-2-6-14(15)17(23)25/h2-3,6-7,9,11,13H,4-5,8,10H2,1H3,(H,19,21,24)/t13-/m0/s1. The molecular weight excluding hydrogens is 414 g/mol. The SMILES string of the molecule is CC(=O)Nc1ncc(S(=O)(=O)N2CCC[C@H](n3cnc4ccccc4c3=O)C2)s1. The smallest absolute Gasteiger partial charge is 0.261 e. The summed E-state index contributed by atoms with van der Waals surface area (Å²) >= 11 is 0.910. The number of nitrogens with one attached hydrogen (secondary N) is 1. The number of carbonyl (C=O) groups excluding carboxylic acids is 1. The van der Waals surface area contributed by atoms with E-state index in [-0.39, 0.29) is 33.4 Å². The van der Waals surface area contributed by atoms with Crippen LogP contribution in [0.2, 0.25) is 0 Å². The normalized spacial score (nSPS) is 18.0. The predicted molar refractivity (Wildman–Crippen MR) is 109 cm³/mol. The van der Waals surface area contributed by atoms with Crippen molar-refractivity contribution in [3.8, 4) is 0 Å². The van der Waals surface area contributed by atoms with Crippen molar-refractivity contribution in [2.75, 3.05) is 18.4 Å². The first-order valence-electron chi connectivity index (χ1n) is 9.06. The summed E-state index contributed by atoms with van der Waals surface area (Å²) in [4.78, 5) is 32.3. The maximum atomic E-state index is 13.0. The number of fused-ring (bicyclic) bond motifs is 1. The molecule has 1 atom stereocenters. The second-order valence-corrected chi connectivity index (χ2v) is 9.99. The highest BCUT2D eigenvalue weighted by Crippen LogP contribution is 2.30. The molecule has 3 heterocycles. The fourth-order valence-electron chi connectivity index (χ4n) is 3.42. The number of carbonyl (C=O) groups is 1. The highest BCUT2D eigenvalue weighted by atomic mass is 32.2. The Kier molecular flexibility index (Phi) is 5.19. The number of para-hydroxylation sites is 1. The zero-order chi connectivity index (χ0) is 20.6. The molecule has 1 N–H and O–H groups in total. The molecule has 1 saturated heterocycles. The van der Waals surface area contributed by atoms with Gasteiger partial charge in [-0.15, -0.1) is 0 Å². The monoisotopic (exact) mass is 433 g/mol. The van der Waals surface area contributed by atoms with Gasteiger partial charge in [-0.1, -0.05) is 23.5 Å². The highest BCUT2D eigenvalue weighted by molar-refractivity contribution is 7.91. The number of aromatic nitrogens is 3. The summed E-state index contributed by atoms with van der Waals surface area (Å²) in [6.45, 7) is 1.87. The van der Waals surface area contributed by atoms with Crippen LogP contribution >= 0.6 is 11.3 Å². The van der Waals surface area contributed by atoms with Gasteiger partial charge >= 0.3 is 0 Å². The molecule has 0 spiro atoms. The topological polar surface area (TPSA) is 114 Å². The lowest BCUT2D eigenvalue weighted by molar-refractivity contribution is -0.114. The number of nitrogens with zero attached hydrogens (tertiary/aromatic N) is 4.